The predicted molar refractivity (Wildman–Crippen MR) is 161 cm³/mol. The molecule has 0 aliphatic rings. The summed E-state index contributed by atoms with van der Waals surface area (Å²) in [6.45, 7) is 0. The lowest BCUT2D eigenvalue weighted by Crippen LogP contribution is -2.24. The number of hydrogen-bond acceptors (Lipinski definition) is 4. The van der Waals surface area contributed by atoms with Gasteiger partial charge in [-0.25, -0.2) is 0 Å². The summed E-state index contributed by atoms with van der Waals surface area (Å²) >= 11 is 29.9. The fourth-order valence-corrected chi connectivity index (χ4v) is 8.13. The van der Waals surface area contributed by atoms with Crippen LogP contribution in [0.4, 0.5) is 0 Å². The van der Waals surface area contributed by atoms with E-state index in [2.05, 4.69) is 47.8 Å². The van der Waals surface area contributed by atoms with Crippen molar-refractivity contribution in [1.29, 1.82) is 0 Å². The largest absolute Gasteiger partial charge is 0.705 e. The van der Waals surface area contributed by atoms with Crippen LogP contribution in [0.1, 0.15) is 0 Å². The highest BCUT2D eigenvalue weighted by molar-refractivity contribution is 9.11. The van der Waals surface area contributed by atoms with E-state index in [0.717, 1.165) is 13.4 Å². The number of benzene rings is 3. The van der Waals surface area contributed by atoms with Crippen molar-refractivity contribution in [1.82, 2.24) is 14.2 Å². The van der Waals surface area contributed by atoms with Crippen LogP contribution < -0.4 is 13.9 Å². The Morgan fingerprint density at radius 3 is 1.13 bits per heavy atom. The molecule has 0 radical (unpaired) electrons. The van der Waals surface area contributed by atoms with Crippen LogP contribution in [0, 0.1) is 0 Å². The van der Waals surface area contributed by atoms with Crippen molar-refractivity contribution in [2.75, 3.05) is 0 Å². The average molecular weight is 783 g/mol. The van der Waals surface area contributed by atoms with Gasteiger partial charge in [0, 0.05) is 29.6 Å². The number of fused-ring (bicyclic) bond motifs is 3. The van der Waals surface area contributed by atoms with E-state index in [1.54, 1.807) is 36.4 Å². The maximum absolute atomic E-state index is 14.4. The lowest BCUT2D eigenvalue weighted by Gasteiger charge is -2.20. The molecule has 0 spiro atoms. The first-order valence-corrected chi connectivity index (χ1v) is 15.7. The lowest BCUT2D eigenvalue weighted by atomic mass is 10.2. The number of nitrogens with zero attached hydrogens (tertiary/aromatic N) is 3. The standard InChI is InChI=1S/C24H12Br3Cl3N3O4P/c25-13-4-1-7-19-22(13)16(28)10-31(19)35-38(34,36-32-11-17(29)23-14(26)5-2-8-20(23)32)37-33-12-18(30)24-15(27)6-3-9-21(24)33/h1-12H. The topological polar surface area (TPSA) is 59.6 Å². The summed E-state index contributed by atoms with van der Waals surface area (Å²) in [6, 6.07) is 16.2. The minimum atomic E-state index is -4.54. The van der Waals surface area contributed by atoms with Gasteiger partial charge in [0.2, 0.25) is 0 Å². The molecule has 0 saturated carbocycles. The summed E-state index contributed by atoms with van der Waals surface area (Å²) in [7, 11) is -4.54. The number of aromatic nitrogens is 3. The molecule has 0 amide bonds. The van der Waals surface area contributed by atoms with Gasteiger partial charge in [-0.1, -0.05) is 101 Å². The highest BCUT2D eigenvalue weighted by atomic mass is 79.9. The Morgan fingerprint density at radius 1 is 0.553 bits per heavy atom. The molecule has 0 atom stereocenters. The first-order chi connectivity index (χ1) is 18.1. The molecular weight excluding hydrogens is 771 g/mol. The monoisotopic (exact) mass is 779 g/mol. The van der Waals surface area contributed by atoms with Crippen molar-refractivity contribution >= 4 is 123 Å². The Labute approximate surface area is 255 Å². The molecular formula is C24H12Br3Cl3N3O4P. The van der Waals surface area contributed by atoms with Crippen molar-refractivity contribution in [2.45, 2.75) is 0 Å². The van der Waals surface area contributed by atoms with Crippen LogP contribution in [0.15, 0.2) is 86.6 Å². The zero-order valence-corrected chi connectivity index (χ0v) is 26.5. The summed E-state index contributed by atoms with van der Waals surface area (Å²) in [4.78, 5) is 0. The van der Waals surface area contributed by atoms with E-state index in [1.165, 1.54) is 32.8 Å². The van der Waals surface area contributed by atoms with Gasteiger partial charge in [0.15, 0.2) is 0 Å². The van der Waals surface area contributed by atoms with E-state index in [9.17, 15) is 4.57 Å². The number of hydrogen-bond donors (Lipinski definition) is 0. The molecule has 0 N–H and O–H groups in total. The van der Waals surface area contributed by atoms with Crippen LogP contribution in [0.5, 0.6) is 0 Å². The molecule has 14 heteroatoms. The molecule has 3 aromatic carbocycles. The summed E-state index contributed by atoms with van der Waals surface area (Å²) in [5, 5.41) is 3.11. The Kier molecular flexibility index (Phi) is 6.96. The summed E-state index contributed by atoms with van der Waals surface area (Å²) < 4.78 is 38.2. The molecule has 7 nitrogen and oxygen atoms in total. The van der Waals surface area contributed by atoms with Crippen LogP contribution in [-0.2, 0) is 4.57 Å². The maximum Gasteiger partial charge on any atom is 0.705 e. The highest BCUT2D eigenvalue weighted by Crippen LogP contribution is 2.45. The quantitative estimate of drug-likeness (QED) is 0.158. The predicted octanol–water partition coefficient (Wildman–Crippen LogP) is 9.59. The number of rotatable bonds is 6. The fourth-order valence-electron chi connectivity index (χ4n) is 4.08. The van der Waals surface area contributed by atoms with E-state index in [1.807, 2.05) is 18.2 Å². The third kappa shape index (κ3) is 4.54. The molecule has 0 bridgehead atoms. The summed E-state index contributed by atoms with van der Waals surface area (Å²) in [5.41, 5.74) is 1.61. The van der Waals surface area contributed by atoms with Crippen LogP contribution in [0.25, 0.3) is 32.7 Å². The van der Waals surface area contributed by atoms with E-state index >= 15 is 0 Å². The minimum absolute atomic E-state index is 0.371. The fraction of sp³-hybridized carbons (Fsp3) is 0. The third-order valence-corrected chi connectivity index (χ3v) is 9.63. The van der Waals surface area contributed by atoms with Gasteiger partial charge in [0.25, 0.3) is 0 Å². The van der Waals surface area contributed by atoms with Crippen LogP contribution >= 0.6 is 90.4 Å². The zero-order chi connectivity index (χ0) is 26.8. The molecule has 0 aliphatic carbocycles. The molecule has 6 aromatic rings. The SMILES string of the molecule is O=P(On1cc(Cl)c2c(Br)cccc21)(On1cc(Cl)c2c(Br)cccc21)On1cc(Cl)c2c(Br)cccc21. The second-order valence-corrected chi connectivity index (χ2v) is 13.2. The van der Waals surface area contributed by atoms with Gasteiger partial charge in [0.05, 0.1) is 50.2 Å². The minimum Gasteiger partial charge on any atom is -0.290 e. The lowest BCUT2D eigenvalue weighted by molar-refractivity contribution is 0.0989. The van der Waals surface area contributed by atoms with Crippen molar-refractivity contribution in [3.05, 3.63) is 102 Å². The van der Waals surface area contributed by atoms with Crippen molar-refractivity contribution in [2.24, 2.45) is 0 Å². The molecule has 6 rings (SSSR count). The van der Waals surface area contributed by atoms with Crippen molar-refractivity contribution in [3.8, 4) is 0 Å². The Morgan fingerprint density at radius 2 is 0.842 bits per heavy atom. The van der Waals surface area contributed by atoms with E-state index in [4.69, 9.17) is 48.7 Å². The Bertz CT molecular complexity index is 1720. The maximum atomic E-state index is 14.4. The molecule has 0 fully saturated rings. The third-order valence-electron chi connectivity index (χ3n) is 5.66. The van der Waals surface area contributed by atoms with Gasteiger partial charge in [-0.2, -0.15) is 18.8 Å². The molecule has 3 heterocycles. The molecule has 0 saturated heterocycles. The second kappa shape index (κ2) is 10.0. The second-order valence-electron chi connectivity index (χ2n) is 8.00. The van der Waals surface area contributed by atoms with Gasteiger partial charge >= 0.3 is 7.82 Å². The van der Waals surface area contributed by atoms with Gasteiger partial charge in [-0.3, -0.25) is 13.9 Å². The highest BCUT2D eigenvalue weighted by Gasteiger charge is 2.38. The van der Waals surface area contributed by atoms with Gasteiger partial charge in [0.1, 0.15) is 0 Å². The first-order valence-electron chi connectivity index (χ1n) is 10.7. The normalized spacial score (nSPS) is 12.1. The van der Waals surface area contributed by atoms with E-state index < -0.39 is 7.82 Å². The number of phosphoric acid groups is 1. The Hall–Kier alpha value is -1.78. The zero-order valence-electron chi connectivity index (χ0n) is 18.6. The Balaban J connectivity index is 1.50. The van der Waals surface area contributed by atoms with Crippen molar-refractivity contribution in [3.63, 3.8) is 0 Å². The molecule has 0 aliphatic heterocycles. The molecule has 194 valence electrons. The molecule has 38 heavy (non-hydrogen) atoms. The van der Waals surface area contributed by atoms with E-state index in [-0.39, 0.29) is 0 Å². The smallest absolute Gasteiger partial charge is 0.290 e. The number of halogens is 6. The molecule has 0 unspecified atom stereocenters. The molecule has 3 aromatic heterocycles. The van der Waals surface area contributed by atoms with Crippen LogP contribution in [0.2, 0.25) is 15.1 Å². The van der Waals surface area contributed by atoms with Crippen LogP contribution in [-0.4, -0.2) is 14.2 Å². The first kappa shape index (κ1) is 26.4. The van der Waals surface area contributed by atoms with Gasteiger partial charge in [-0.15, -0.1) is 0 Å². The van der Waals surface area contributed by atoms with Gasteiger partial charge in [-0.05, 0) is 36.4 Å². The van der Waals surface area contributed by atoms with Crippen LogP contribution in [0.3, 0.4) is 0 Å². The van der Waals surface area contributed by atoms with Crippen molar-refractivity contribution < 1.29 is 18.4 Å². The summed E-state index contributed by atoms with van der Waals surface area (Å²) in [6.07, 6.45) is 4.43. The summed E-state index contributed by atoms with van der Waals surface area (Å²) in [5.74, 6) is 0. The van der Waals surface area contributed by atoms with E-state index in [0.29, 0.717) is 47.8 Å². The van der Waals surface area contributed by atoms with Gasteiger partial charge < -0.3 is 0 Å². The average Bonchev–Trinajstić information content (AvgIpc) is 3.46.